The van der Waals surface area contributed by atoms with Crippen LogP contribution in [0.15, 0.2) is 219 Å². The van der Waals surface area contributed by atoms with E-state index in [4.69, 9.17) is 15.0 Å². The Morgan fingerprint density at radius 1 is 0.344 bits per heavy atom. The molecule has 0 atom stereocenters. The van der Waals surface area contributed by atoms with Crippen molar-refractivity contribution in [3.63, 3.8) is 0 Å². The lowest BCUT2D eigenvalue weighted by Gasteiger charge is -2.19. The predicted molar refractivity (Wildman–Crippen MR) is 260 cm³/mol. The van der Waals surface area contributed by atoms with Gasteiger partial charge in [0.2, 0.25) is 0 Å². The smallest absolute Gasteiger partial charge is 0.0991 e. The van der Waals surface area contributed by atoms with Crippen LogP contribution in [0.1, 0.15) is 5.56 Å². The second-order valence-corrected chi connectivity index (χ2v) is 16.0. The number of pyridine rings is 3. The zero-order valence-electron chi connectivity index (χ0n) is 34.5. The zero-order chi connectivity index (χ0) is 42.6. The Morgan fingerprint density at radius 3 is 1.27 bits per heavy atom. The SMILES string of the molecule is N#Cc1cccc(-c2c(-n3c4ccccc4c4cc(-c5cccc(-c6ccccc6)n5)ccc43)cncc2-n2c3ccccc3c3cc(-c4cccc(-c5ccccc5)n4)ccc32)c1. The molecule has 5 heterocycles. The van der Waals surface area contributed by atoms with E-state index in [2.05, 4.69) is 167 Å². The van der Waals surface area contributed by atoms with E-state index in [1.807, 2.05) is 67.0 Å². The van der Waals surface area contributed by atoms with Crippen LogP contribution in [0.3, 0.4) is 0 Å². The molecule has 0 N–H and O–H groups in total. The van der Waals surface area contributed by atoms with Crippen LogP contribution in [0, 0.1) is 11.3 Å². The minimum atomic E-state index is 0.584. The fourth-order valence-electron chi connectivity index (χ4n) is 9.33. The molecule has 7 aromatic carbocycles. The Balaban J connectivity index is 1.08. The molecule has 6 heteroatoms. The molecule has 0 bridgehead atoms. The van der Waals surface area contributed by atoms with Crippen molar-refractivity contribution in [3.8, 4) is 73.6 Å². The molecule has 0 spiro atoms. The molecule has 0 aliphatic heterocycles. The summed E-state index contributed by atoms with van der Waals surface area (Å²) in [5.74, 6) is 0. The zero-order valence-corrected chi connectivity index (χ0v) is 34.5. The number of nitrogens with zero attached hydrogens (tertiary/aromatic N) is 6. The molecule has 12 aromatic rings. The molecule has 298 valence electrons. The van der Waals surface area contributed by atoms with Crippen molar-refractivity contribution >= 4 is 43.6 Å². The fourth-order valence-corrected chi connectivity index (χ4v) is 9.33. The van der Waals surface area contributed by atoms with Gasteiger partial charge >= 0.3 is 0 Å². The molecule has 5 aromatic heterocycles. The first-order valence-corrected chi connectivity index (χ1v) is 21.3. The molecule has 0 aliphatic carbocycles. The Hall–Kier alpha value is -8.92. The van der Waals surface area contributed by atoms with Gasteiger partial charge in [0.1, 0.15) is 0 Å². The highest BCUT2D eigenvalue weighted by molar-refractivity contribution is 6.13. The van der Waals surface area contributed by atoms with Gasteiger partial charge in [-0.05, 0) is 78.4 Å². The highest BCUT2D eigenvalue weighted by Gasteiger charge is 2.23. The standard InChI is InChI=1S/C58H36N6/c59-35-38-14-11-19-43(32-38)58-56(63-52-26-9-7-20-44(52)46-33-41(28-30-54(46)63)50-24-12-22-48(61-50)39-15-3-1-4-16-39)36-60-37-57(58)64-53-27-10-8-21-45(53)47-34-42(29-31-55(47)64)51-25-13-23-49(62-51)40-17-5-2-6-18-40/h1-34,36-37H. The van der Waals surface area contributed by atoms with Gasteiger partial charge in [-0.1, -0.05) is 133 Å². The lowest BCUT2D eigenvalue weighted by atomic mass is 10.0. The molecule has 0 unspecified atom stereocenters. The topological polar surface area (TPSA) is 72.3 Å². The Labute approximate surface area is 369 Å². The van der Waals surface area contributed by atoms with Gasteiger partial charge in [-0.2, -0.15) is 5.26 Å². The molecule has 0 aliphatic rings. The van der Waals surface area contributed by atoms with Gasteiger partial charge in [-0.3, -0.25) is 4.98 Å². The van der Waals surface area contributed by atoms with Crippen molar-refractivity contribution in [2.24, 2.45) is 0 Å². The van der Waals surface area contributed by atoms with Crippen LogP contribution in [0.5, 0.6) is 0 Å². The van der Waals surface area contributed by atoms with Crippen LogP contribution in [0.4, 0.5) is 0 Å². The van der Waals surface area contributed by atoms with Gasteiger partial charge in [-0.15, -0.1) is 0 Å². The molecule has 0 fully saturated rings. The lowest BCUT2D eigenvalue weighted by molar-refractivity contribution is 1.09. The summed E-state index contributed by atoms with van der Waals surface area (Å²) in [4.78, 5) is 15.3. The van der Waals surface area contributed by atoms with Gasteiger partial charge in [0.15, 0.2) is 0 Å². The van der Waals surface area contributed by atoms with Crippen molar-refractivity contribution in [2.75, 3.05) is 0 Å². The van der Waals surface area contributed by atoms with E-state index >= 15 is 0 Å². The Morgan fingerprint density at radius 2 is 0.766 bits per heavy atom. The molecular weight excluding hydrogens is 781 g/mol. The third-order valence-corrected chi connectivity index (χ3v) is 12.2. The maximum Gasteiger partial charge on any atom is 0.0991 e. The quantitative estimate of drug-likeness (QED) is 0.161. The third kappa shape index (κ3) is 6.14. The van der Waals surface area contributed by atoms with Gasteiger partial charge < -0.3 is 9.13 Å². The summed E-state index contributed by atoms with van der Waals surface area (Å²) in [7, 11) is 0. The summed E-state index contributed by atoms with van der Waals surface area (Å²) >= 11 is 0. The van der Waals surface area contributed by atoms with Gasteiger partial charge in [0, 0.05) is 49.4 Å². The molecule has 64 heavy (non-hydrogen) atoms. The molecule has 0 amide bonds. The largest absolute Gasteiger partial charge is 0.307 e. The molecule has 0 radical (unpaired) electrons. The van der Waals surface area contributed by atoms with E-state index in [9.17, 15) is 5.26 Å². The second kappa shape index (κ2) is 15.2. The van der Waals surface area contributed by atoms with Crippen molar-refractivity contribution in [3.05, 3.63) is 224 Å². The van der Waals surface area contributed by atoms with Crippen molar-refractivity contribution < 1.29 is 0 Å². The van der Waals surface area contributed by atoms with Crippen molar-refractivity contribution in [2.45, 2.75) is 0 Å². The average molecular weight is 817 g/mol. The van der Waals surface area contributed by atoms with Crippen LogP contribution in [0.2, 0.25) is 0 Å². The first kappa shape index (κ1) is 36.9. The molecule has 0 saturated heterocycles. The maximum absolute atomic E-state index is 10.2. The molecule has 0 saturated carbocycles. The maximum atomic E-state index is 10.2. The summed E-state index contributed by atoms with van der Waals surface area (Å²) in [5, 5.41) is 14.7. The summed E-state index contributed by atoms with van der Waals surface area (Å²) < 4.78 is 4.65. The molecule has 12 rings (SSSR count). The number of fused-ring (bicyclic) bond motifs is 6. The predicted octanol–water partition coefficient (Wildman–Crippen LogP) is 14.3. The van der Waals surface area contributed by atoms with E-state index in [0.29, 0.717) is 5.56 Å². The summed E-state index contributed by atoms with van der Waals surface area (Å²) in [5.41, 5.74) is 16.4. The number of hydrogen-bond donors (Lipinski definition) is 0. The second-order valence-electron chi connectivity index (χ2n) is 16.0. The number of aromatic nitrogens is 5. The minimum absolute atomic E-state index is 0.584. The van der Waals surface area contributed by atoms with E-state index in [-0.39, 0.29) is 0 Å². The van der Waals surface area contributed by atoms with Gasteiger partial charge in [0.05, 0.1) is 80.2 Å². The number of rotatable bonds is 7. The van der Waals surface area contributed by atoms with Crippen LogP contribution in [-0.4, -0.2) is 24.1 Å². The normalized spacial score (nSPS) is 11.4. The first-order valence-electron chi connectivity index (χ1n) is 21.3. The average Bonchev–Trinajstić information content (AvgIpc) is 3.89. The van der Waals surface area contributed by atoms with E-state index in [1.54, 1.807) is 0 Å². The van der Waals surface area contributed by atoms with Crippen molar-refractivity contribution in [1.29, 1.82) is 5.26 Å². The lowest BCUT2D eigenvalue weighted by Crippen LogP contribution is -2.05. The minimum Gasteiger partial charge on any atom is -0.307 e. The Bertz CT molecular complexity index is 3580. The van der Waals surface area contributed by atoms with Crippen LogP contribution >= 0.6 is 0 Å². The van der Waals surface area contributed by atoms with E-state index in [1.165, 1.54) is 0 Å². The third-order valence-electron chi connectivity index (χ3n) is 12.2. The monoisotopic (exact) mass is 816 g/mol. The molecule has 6 nitrogen and oxygen atoms in total. The first-order chi connectivity index (χ1) is 31.7. The van der Waals surface area contributed by atoms with Gasteiger partial charge in [0.25, 0.3) is 0 Å². The highest BCUT2D eigenvalue weighted by atomic mass is 15.0. The van der Waals surface area contributed by atoms with Crippen LogP contribution < -0.4 is 0 Å². The number of benzene rings is 7. The van der Waals surface area contributed by atoms with Crippen molar-refractivity contribution in [1.82, 2.24) is 24.1 Å². The fraction of sp³-hybridized carbons (Fsp3) is 0. The number of para-hydroxylation sites is 2. The number of nitriles is 1. The van der Waals surface area contributed by atoms with E-state index < -0.39 is 0 Å². The van der Waals surface area contributed by atoms with Gasteiger partial charge in [-0.25, -0.2) is 9.97 Å². The van der Waals surface area contributed by atoms with E-state index in [0.717, 1.165) is 111 Å². The van der Waals surface area contributed by atoms with Crippen LogP contribution in [0.25, 0.3) is 111 Å². The summed E-state index contributed by atoms with van der Waals surface area (Å²) in [6.07, 6.45) is 3.92. The Kier molecular flexibility index (Phi) is 8.77. The van der Waals surface area contributed by atoms with Crippen LogP contribution in [-0.2, 0) is 0 Å². The summed E-state index contributed by atoms with van der Waals surface area (Å²) in [6, 6.07) is 73.7. The molecular formula is C58H36N6. The number of hydrogen-bond acceptors (Lipinski definition) is 4. The highest BCUT2D eigenvalue weighted by Crippen LogP contribution is 2.43. The summed E-state index contributed by atoms with van der Waals surface area (Å²) in [6.45, 7) is 0.